The van der Waals surface area contributed by atoms with Gasteiger partial charge in [-0.1, -0.05) is 19.2 Å². The Morgan fingerprint density at radius 3 is 2.56 bits per heavy atom. The second-order valence-electron chi connectivity index (χ2n) is 5.39. The third-order valence-electron chi connectivity index (χ3n) is 2.67. The molecule has 0 bridgehead atoms. The van der Waals surface area contributed by atoms with E-state index in [1.54, 1.807) is 11.0 Å². The zero-order valence-corrected chi connectivity index (χ0v) is 11.5. The maximum Gasteiger partial charge on any atom is 0.410 e. The van der Waals surface area contributed by atoms with Crippen molar-refractivity contribution in [1.82, 2.24) is 4.90 Å². The summed E-state index contributed by atoms with van der Waals surface area (Å²) < 4.78 is 5.34. The van der Waals surface area contributed by atoms with Crippen molar-refractivity contribution in [2.24, 2.45) is 5.73 Å². The largest absolute Gasteiger partial charge is 0.444 e. The summed E-state index contributed by atoms with van der Waals surface area (Å²) in [6.45, 7) is 14.1. The fraction of sp³-hybridized carbons (Fsp3) is 0.500. The fourth-order valence-electron chi connectivity index (χ4n) is 1.82. The minimum atomic E-state index is -0.479. The lowest BCUT2D eigenvalue weighted by atomic mass is 9.98. The standard InChI is InChI=1S/C14H22N2O2/c1-6-11-9-16(8-7-12(11)10(2)15)13(17)18-14(3,4)5/h6H,1-2,7-9,15H2,3-5H3. The van der Waals surface area contributed by atoms with E-state index in [1.165, 1.54) is 0 Å². The first-order valence-corrected chi connectivity index (χ1v) is 6.01. The summed E-state index contributed by atoms with van der Waals surface area (Å²) in [7, 11) is 0. The van der Waals surface area contributed by atoms with Crippen LogP contribution in [0.2, 0.25) is 0 Å². The number of carbonyl (C=O) groups is 1. The summed E-state index contributed by atoms with van der Waals surface area (Å²) in [5.41, 5.74) is 7.73. The van der Waals surface area contributed by atoms with E-state index in [-0.39, 0.29) is 6.09 Å². The van der Waals surface area contributed by atoms with Crippen LogP contribution in [-0.4, -0.2) is 29.7 Å². The summed E-state index contributed by atoms with van der Waals surface area (Å²) in [6.07, 6.45) is 2.11. The van der Waals surface area contributed by atoms with E-state index in [4.69, 9.17) is 10.5 Å². The van der Waals surface area contributed by atoms with Gasteiger partial charge in [0.1, 0.15) is 5.60 Å². The number of ether oxygens (including phenoxy) is 1. The third kappa shape index (κ3) is 3.65. The van der Waals surface area contributed by atoms with E-state index in [0.717, 1.165) is 11.1 Å². The highest BCUT2D eigenvalue weighted by Crippen LogP contribution is 2.23. The Labute approximate surface area is 109 Å². The Kier molecular flexibility index (Phi) is 4.22. The third-order valence-corrected chi connectivity index (χ3v) is 2.67. The van der Waals surface area contributed by atoms with Crippen molar-refractivity contribution in [3.8, 4) is 0 Å². The number of rotatable bonds is 2. The summed E-state index contributed by atoms with van der Waals surface area (Å²) in [5, 5.41) is 0. The van der Waals surface area contributed by atoms with Crippen LogP contribution in [0.5, 0.6) is 0 Å². The van der Waals surface area contributed by atoms with Crippen molar-refractivity contribution >= 4 is 6.09 Å². The number of allylic oxidation sites excluding steroid dienone is 1. The molecule has 4 heteroatoms. The predicted octanol–water partition coefficient (Wildman–Crippen LogP) is 2.58. The van der Waals surface area contributed by atoms with Crippen LogP contribution < -0.4 is 5.73 Å². The second-order valence-corrected chi connectivity index (χ2v) is 5.39. The van der Waals surface area contributed by atoms with Crippen LogP contribution in [0.1, 0.15) is 27.2 Å². The lowest BCUT2D eigenvalue weighted by Gasteiger charge is -2.32. The molecule has 0 atom stereocenters. The Hall–Kier alpha value is -1.71. The van der Waals surface area contributed by atoms with Crippen LogP contribution >= 0.6 is 0 Å². The lowest BCUT2D eigenvalue weighted by molar-refractivity contribution is 0.0262. The van der Waals surface area contributed by atoms with Gasteiger partial charge in [0, 0.05) is 18.8 Å². The first-order valence-electron chi connectivity index (χ1n) is 6.01. The maximum atomic E-state index is 11.9. The molecule has 1 rings (SSSR count). The number of hydrogen-bond donors (Lipinski definition) is 1. The molecule has 18 heavy (non-hydrogen) atoms. The Balaban J connectivity index is 2.79. The van der Waals surface area contributed by atoms with Gasteiger partial charge in [-0.05, 0) is 38.3 Å². The molecule has 1 amide bonds. The van der Waals surface area contributed by atoms with E-state index < -0.39 is 5.60 Å². The zero-order valence-electron chi connectivity index (χ0n) is 11.5. The molecular weight excluding hydrogens is 228 g/mol. The lowest BCUT2D eigenvalue weighted by Crippen LogP contribution is -2.41. The predicted molar refractivity (Wildman–Crippen MR) is 73.0 cm³/mol. The van der Waals surface area contributed by atoms with E-state index >= 15 is 0 Å². The highest BCUT2D eigenvalue weighted by Gasteiger charge is 2.26. The Morgan fingerprint density at radius 1 is 1.50 bits per heavy atom. The SMILES string of the molecule is C=CC1=C(C(=C)N)CCN(C(=O)OC(C)(C)C)C1. The topological polar surface area (TPSA) is 55.6 Å². The molecule has 1 aliphatic rings. The van der Waals surface area contributed by atoms with E-state index in [1.807, 2.05) is 20.8 Å². The number of amides is 1. The van der Waals surface area contributed by atoms with E-state index in [2.05, 4.69) is 13.2 Å². The van der Waals surface area contributed by atoms with E-state index in [0.29, 0.717) is 25.2 Å². The van der Waals surface area contributed by atoms with Crippen LogP contribution in [0.3, 0.4) is 0 Å². The quantitative estimate of drug-likeness (QED) is 0.819. The molecule has 0 aromatic rings. The van der Waals surface area contributed by atoms with Crippen molar-refractivity contribution in [3.63, 3.8) is 0 Å². The monoisotopic (exact) mass is 250 g/mol. The molecule has 1 heterocycles. The molecule has 0 unspecified atom stereocenters. The Morgan fingerprint density at radius 2 is 2.11 bits per heavy atom. The summed E-state index contributed by atoms with van der Waals surface area (Å²) in [4.78, 5) is 13.6. The number of hydrogen-bond acceptors (Lipinski definition) is 3. The first-order chi connectivity index (χ1) is 8.24. The molecule has 2 N–H and O–H groups in total. The summed E-state index contributed by atoms with van der Waals surface area (Å²) >= 11 is 0. The molecule has 0 aromatic carbocycles. The van der Waals surface area contributed by atoms with Crippen LogP contribution in [0.4, 0.5) is 4.79 Å². The van der Waals surface area contributed by atoms with Crippen molar-refractivity contribution in [3.05, 3.63) is 36.1 Å². The van der Waals surface area contributed by atoms with Crippen molar-refractivity contribution < 1.29 is 9.53 Å². The Bertz CT molecular complexity index is 403. The van der Waals surface area contributed by atoms with Gasteiger partial charge < -0.3 is 15.4 Å². The molecule has 0 saturated carbocycles. The molecule has 1 aliphatic heterocycles. The van der Waals surface area contributed by atoms with Gasteiger partial charge in [-0.2, -0.15) is 0 Å². The fourth-order valence-corrected chi connectivity index (χ4v) is 1.82. The highest BCUT2D eigenvalue weighted by molar-refractivity contribution is 5.69. The maximum absolute atomic E-state index is 11.9. The molecule has 4 nitrogen and oxygen atoms in total. The highest BCUT2D eigenvalue weighted by atomic mass is 16.6. The van der Waals surface area contributed by atoms with Crippen molar-refractivity contribution in [1.29, 1.82) is 0 Å². The molecule has 0 saturated heterocycles. The number of nitrogens with two attached hydrogens (primary N) is 1. The average molecular weight is 250 g/mol. The summed E-state index contributed by atoms with van der Waals surface area (Å²) in [5.74, 6) is 0. The van der Waals surface area contributed by atoms with Crippen molar-refractivity contribution in [2.45, 2.75) is 32.8 Å². The van der Waals surface area contributed by atoms with Gasteiger partial charge in [0.2, 0.25) is 0 Å². The van der Waals surface area contributed by atoms with E-state index in [9.17, 15) is 4.79 Å². The molecule has 0 fully saturated rings. The second kappa shape index (κ2) is 5.29. The normalized spacial score (nSPS) is 16.5. The summed E-state index contributed by atoms with van der Waals surface area (Å²) in [6, 6.07) is 0. The molecule has 0 spiro atoms. The van der Waals surface area contributed by atoms with Gasteiger partial charge in [0.15, 0.2) is 0 Å². The van der Waals surface area contributed by atoms with Crippen LogP contribution in [0, 0.1) is 0 Å². The number of carbonyl (C=O) groups excluding carboxylic acids is 1. The van der Waals surface area contributed by atoms with Gasteiger partial charge in [-0.15, -0.1) is 0 Å². The average Bonchev–Trinajstić information content (AvgIpc) is 2.25. The van der Waals surface area contributed by atoms with Crippen LogP contribution in [0.15, 0.2) is 36.1 Å². The minimum absolute atomic E-state index is 0.302. The molecule has 0 radical (unpaired) electrons. The van der Waals surface area contributed by atoms with Crippen LogP contribution in [0.25, 0.3) is 0 Å². The van der Waals surface area contributed by atoms with Gasteiger partial charge in [-0.25, -0.2) is 4.79 Å². The van der Waals surface area contributed by atoms with Gasteiger partial charge >= 0.3 is 6.09 Å². The van der Waals surface area contributed by atoms with Gasteiger partial charge in [0.25, 0.3) is 0 Å². The van der Waals surface area contributed by atoms with Crippen LogP contribution in [-0.2, 0) is 4.74 Å². The molecule has 0 aromatic heterocycles. The molecule has 0 aliphatic carbocycles. The minimum Gasteiger partial charge on any atom is -0.444 e. The van der Waals surface area contributed by atoms with Crippen molar-refractivity contribution in [2.75, 3.05) is 13.1 Å². The first kappa shape index (κ1) is 14.4. The molecular formula is C14H22N2O2. The number of nitrogens with zero attached hydrogens (tertiary/aromatic N) is 1. The smallest absolute Gasteiger partial charge is 0.410 e. The van der Waals surface area contributed by atoms with Gasteiger partial charge in [-0.3, -0.25) is 0 Å². The zero-order chi connectivity index (χ0) is 13.9. The van der Waals surface area contributed by atoms with Gasteiger partial charge in [0.05, 0.1) is 0 Å². The molecule has 100 valence electrons.